The molecule has 1 aromatic heterocycles. The largest absolute Gasteiger partial charge is 0.305 e. The fraction of sp³-hybridized carbons (Fsp3) is 0.412. The third-order valence-corrected chi connectivity index (χ3v) is 5.14. The minimum Gasteiger partial charge on any atom is -0.305 e. The first kappa shape index (κ1) is 15.7. The molecule has 0 aliphatic carbocycles. The van der Waals surface area contributed by atoms with Gasteiger partial charge in [0.15, 0.2) is 0 Å². The van der Waals surface area contributed by atoms with Gasteiger partial charge in [0.1, 0.15) is 0 Å². The molecule has 1 nitrogen and oxygen atoms in total. The van der Waals surface area contributed by atoms with Gasteiger partial charge in [-0.2, -0.15) is 0 Å². The lowest BCUT2D eigenvalue weighted by Crippen LogP contribution is -2.20. The van der Waals surface area contributed by atoms with Crippen LogP contribution in [0.15, 0.2) is 46.3 Å². The SMILES string of the molecule is CCCCCC(NCc1cc(Br)cs1)c1ccccc1. The van der Waals surface area contributed by atoms with Gasteiger partial charge in [0.25, 0.3) is 0 Å². The molecule has 0 amide bonds. The molecule has 108 valence electrons. The molecule has 1 aromatic carbocycles. The summed E-state index contributed by atoms with van der Waals surface area (Å²) in [5.74, 6) is 0. The third-order valence-electron chi connectivity index (χ3n) is 3.44. The van der Waals surface area contributed by atoms with E-state index in [9.17, 15) is 0 Å². The Morgan fingerprint density at radius 3 is 2.65 bits per heavy atom. The summed E-state index contributed by atoms with van der Waals surface area (Å²) in [5, 5.41) is 5.86. The molecule has 0 spiro atoms. The lowest BCUT2D eigenvalue weighted by atomic mass is 10.0. The average molecular weight is 352 g/mol. The molecule has 1 unspecified atom stereocenters. The van der Waals surface area contributed by atoms with Crippen molar-refractivity contribution in [2.24, 2.45) is 0 Å². The molecular weight excluding hydrogens is 330 g/mol. The first-order chi connectivity index (χ1) is 9.79. The highest BCUT2D eigenvalue weighted by molar-refractivity contribution is 9.10. The van der Waals surface area contributed by atoms with Gasteiger partial charge in [0.2, 0.25) is 0 Å². The van der Waals surface area contributed by atoms with E-state index < -0.39 is 0 Å². The molecular formula is C17H22BrNS. The smallest absolute Gasteiger partial charge is 0.0323 e. The van der Waals surface area contributed by atoms with E-state index in [1.165, 1.54) is 40.6 Å². The molecule has 1 atom stereocenters. The van der Waals surface area contributed by atoms with Crippen LogP contribution in [0.4, 0.5) is 0 Å². The summed E-state index contributed by atoms with van der Waals surface area (Å²) in [6.07, 6.45) is 5.09. The van der Waals surface area contributed by atoms with Crippen LogP contribution < -0.4 is 5.32 Å². The Morgan fingerprint density at radius 1 is 1.20 bits per heavy atom. The van der Waals surface area contributed by atoms with Gasteiger partial charge in [0.05, 0.1) is 0 Å². The molecule has 0 aliphatic heterocycles. The van der Waals surface area contributed by atoms with Gasteiger partial charge in [-0.05, 0) is 34.0 Å². The molecule has 1 heterocycles. The summed E-state index contributed by atoms with van der Waals surface area (Å²) < 4.78 is 1.18. The van der Waals surface area contributed by atoms with Crippen molar-refractivity contribution in [1.82, 2.24) is 5.32 Å². The Bertz CT molecular complexity index is 495. The molecule has 2 aromatic rings. The highest BCUT2D eigenvalue weighted by Gasteiger charge is 2.10. The zero-order valence-corrected chi connectivity index (χ0v) is 14.3. The molecule has 0 saturated heterocycles. The zero-order chi connectivity index (χ0) is 14.2. The maximum atomic E-state index is 3.71. The number of nitrogens with one attached hydrogen (secondary N) is 1. The van der Waals surface area contributed by atoms with Gasteiger partial charge in [-0.3, -0.25) is 0 Å². The highest BCUT2D eigenvalue weighted by Crippen LogP contribution is 2.23. The predicted molar refractivity (Wildman–Crippen MR) is 92.2 cm³/mol. The average Bonchev–Trinajstić information content (AvgIpc) is 2.89. The van der Waals surface area contributed by atoms with Gasteiger partial charge in [-0.25, -0.2) is 0 Å². The second-order valence-corrected chi connectivity index (χ2v) is 6.98. The number of hydrogen-bond acceptors (Lipinski definition) is 2. The van der Waals surface area contributed by atoms with Gasteiger partial charge >= 0.3 is 0 Å². The summed E-state index contributed by atoms with van der Waals surface area (Å²) in [6.45, 7) is 3.20. The Balaban J connectivity index is 1.95. The minimum absolute atomic E-state index is 0.462. The Labute approximate surface area is 134 Å². The standard InChI is InChI=1S/C17H22BrNS/c1-2-3-5-10-17(14-8-6-4-7-9-14)19-12-16-11-15(18)13-20-16/h4,6-9,11,13,17,19H,2-3,5,10,12H2,1H3. The topological polar surface area (TPSA) is 12.0 Å². The number of unbranched alkanes of at least 4 members (excludes halogenated alkanes) is 2. The zero-order valence-electron chi connectivity index (χ0n) is 11.9. The Hall–Kier alpha value is -0.640. The van der Waals surface area contributed by atoms with Crippen LogP contribution in [0, 0.1) is 0 Å². The van der Waals surface area contributed by atoms with Crippen molar-refractivity contribution in [3.63, 3.8) is 0 Å². The van der Waals surface area contributed by atoms with Crippen molar-refractivity contribution in [2.75, 3.05) is 0 Å². The maximum Gasteiger partial charge on any atom is 0.0323 e. The molecule has 2 rings (SSSR count). The van der Waals surface area contributed by atoms with E-state index in [0.29, 0.717) is 6.04 Å². The second kappa shape index (κ2) is 8.60. The highest BCUT2D eigenvalue weighted by atomic mass is 79.9. The van der Waals surface area contributed by atoms with Crippen molar-refractivity contribution in [3.8, 4) is 0 Å². The Kier molecular flexibility index (Phi) is 6.77. The van der Waals surface area contributed by atoms with Crippen LogP contribution in [0.3, 0.4) is 0 Å². The van der Waals surface area contributed by atoms with Gasteiger partial charge < -0.3 is 5.32 Å². The molecule has 1 N–H and O–H groups in total. The van der Waals surface area contributed by atoms with E-state index in [-0.39, 0.29) is 0 Å². The normalized spacial score (nSPS) is 12.5. The Morgan fingerprint density at radius 2 is 2.00 bits per heavy atom. The number of hydrogen-bond donors (Lipinski definition) is 1. The molecule has 0 bridgehead atoms. The number of rotatable bonds is 8. The summed E-state index contributed by atoms with van der Waals surface area (Å²) in [5.41, 5.74) is 1.40. The lowest BCUT2D eigenvalue weighted by molar-refractivity contribution is 0.475. The van der Waals surface area contributed by atoms with Crippen LogP contribution in [-0.2, 0) is 6.54 Å². The van der Waals surface area contributed by atoms with E-state index >= 15 is 0 Å². The first-order valence-corrected chi connectivity index (χ1v) is 8.98. The van der Waals surface area contributed by atoms with Crippen LogP contribution in [-0.4, -0.2) is 0 Å². The third kappa shape index (κ3) is 5.04. The summed E-state index contributed by atoms with van der Waals surface area (Å²) >= 11 is 5.32. The quantitative estimate of drug-likeness (QED) is 0.581. The van der Waals surface area contributed by atoms with Crippen molar-refractivity contribution < 1.29 is 0 Å². The van der Waals surface area contributed by atoms with Crippen LogP contribution >= 0.6 is 27.3 Å². The summed E-state index contributed by atoms with van der Waals surface area (Å²) in [6, 6.07) is 13.5. The first-order valence-electron chi connectivity index (χ1n) is 7.31. The fourth-order valence-corrected chi connectivity index (χ4v) is 3.74. The summed E-state index contributed by atoms with van der Waals surface area (Å²) in [4.78, 5) is 1.38. The monoisotopic (exact) mass is 351 g/mol. The minimum atomic E-state index is 0.462. The number of halogens is 1. The molecule has 0 fully saturated rings. The molecule has 0 aliphatic rings. The number of benzene rings is 1. The van der Waals surface area contributed by atoms with E-state index in [1.807, 2.05) is 0 Å². The lowest BCUT2D eigenvalue weighted by Gasteiger charge is -2.19. The predicted octanol–water partition coefficient (Wildman–Crippen LogP) is 5.92. The van der Waals surface area contributed by atoms with Crippen molar-refractivity contribution >= 4 is 27.3 Å². The van der Waals surface area contributed by atoms with Gasteiger partial charge in [0, 0.05) is 27.3 Å². The van der Waals surface area contributed by atoms with E-state index in [1.54, 1.807) is 11.3 Å². The van der Waals surface area contributed by atoms with E-state index in [2.05, 4.69) is 69.9 Å². The second-order valence-electron chi connectivity index (χ2n) is 5.07. The van der Waals surface area contributed by atoms with E-state index in [0.717, 1.165) is 6.54 Å². The molecule has 20 heavy (non-hydrogen) atoms. The summed E-state index contributed by atoms with van der Waals surface area (Å²) in [7, 11) is 0. The molecule has 0 radical (unpaired) electrons. The van der Waals surface area contributed by atoms with Crippen LogP contribution in [0.5, 0.6) is 0 Å². The van der Waals surface area contributed by atoms with Crippen LogP contribution in [0.2, 0.25) is 0 Å². The van der Waals surface area contributed by atoms with Gasteiger partial charge in [-0.1, -0.05) is 56.5 Å². The van der Waals surface area contributed by atoms with E-state index in [4.69, 9.17) is 0 Å². The van der Waals surface area contributed by atoms with Gasteiger partial charge in [-0.15, -0.1) is 11.3 Å². The van der Waals surface area contributed by atoms with Crippen LogP contribution in [0.1, 0.15) is 49.1 Å². The molecule has 0 saturated carbocycles. The van der Waals surface area contributed by atoms with Crippen molar-refractivity contribution in [2.45, 2.75) is 45.2 Å². The van der Waals surface area contributed by atoms with Crippen LogP contribution in [0.25, 0.3) is 0 Å². The van der Waals surface area contributed by atoms with Crippen molar-refractivity contribution in [3.05, 3.63) is 56.7 Å². The maximum absolute atomic E-state index is 3.71. The van der Waals surface area contributed by atoms with Crippen molar-refractivity contribution in [1.29, 1.82) is 0 Å². The molecule has 3 heteroatoms. The fourth-order valence-electron chi connectivity index (χ4n) is 2.34. The number of thiophene rings is 1.